The van der Waals surface area contributed by atoms with Crippen LogP contribution in [0.1, 0.15) is 22.8 Å². The second kappa shape index (κ2) is 5.90. The summed E-state index contributed by atoms with van der Waals surface area (Å²) in [7, 11) is 0. The van der Waals surface area contributed by atoms with E-state index in [1.165, 1.54) is 12.1 Å². The first kappa shape index (κ1) is 15.6. The van der Waals surface area contributed by atoms with Crippen LogP contribution in [0.3, 0.4) is 0 Å². The molecule has 0 saturated carbocycles. The molecule has 1 aromatic carbocycles. The van der Waals surface area contributed by atoms with Gasteiger partial charge < -0.3 is 4.74 Å². The van der Waals surface area contributed by atoms with Crippen molar-refractivity contribution in [2.24, 2.45) is 5.11 Å². The van der Waals surface area contributed by atoms with Crippen molar-refractivity contribution in [2.75, 3.05) is 6.61 Å². The number of rotatable bonds is 3. The molecular weight excluding hydrogens is 301 g/mol. The van der Waals surface area contributed by atoms with E-state index in [1.807, 2.05) is 0 Å². The van der Waals surface area contributed by atoms with Crippen LogP contribution in [-0.2, 0) is 10.9 Å². The van der Waals surface area contributed by atoms with Gasteiger partial charge in [0.05, 0.1) is 17.7 Å². The normalized spacial score (nSPS) is 11.1. The molecule has 0 aliphatic heterocycles. The summed E-state index contributed by atoms with van der Waals surface area (Å²) in [6, 6.07) is 3.37. The van der Waals surface area contributed by atoms with Crippen LogP contribution in [0.15, 0.2) is 29.5 Å². The van der Waals surface area contributed by atoms with Crippen molar-refractivity contribution in [1.29, 1.82) is 5.53 Å². The molecule has 0 bridgehead atoms. The number of para-hydroxylation sites is 1. The SMILES string of the molecule is CCOC(=O)c1cnc2c(C(F)(F)F)cccc2c1N=[N+]=N. The van der Waals surface area contributed by atoms with Crippen LogP contribution in [0.4, 0.5) is 18.9 Å². The molecule has 1 aromatic heterocycles. The Morgan fingerprint density at radius 2 is 2.18 bits per heavy atom. The minimum Gasteiger partial charge on any atom is -0.462 e. The molecule has 0 amide bonds. The third kappa shape index (κ3) is 2.79. The fourth-order valence-electron chi connectivity index (χ4n) is 1.95. The zero-order chi connectivity index (χ0) is 16.3. The summed E-state index contributed by atoms with van der Waals surface area (Å²) in [5.74, 6) is -0.795. The van der Waals surface area contributed by atoms with E-state index in [2.05, 4.69) is 15.0 Å². The smallest absolute Gasteiger partial charge is 0.418 e. The van der Waals surface area contributed by atoms with Gasteiger partial charge in [0.25, 0.3) is 0 Å². The number of nitrogens with zero attached hydrogens (tertiary/aromatic N) is 3. The summed E-state index contributed by atoms with van der Waals surface area (Å²) < 4.78 is 43.8. The summed E-state index contributed by atoms with van der Waals surface area (Å²) in [5, 5.41) is 3.41. The van der Waals surface area contributed by atoms with Crippen LogP contribution in [-0.4, -0.2) is 17.6 Å². The maximum atomic E-state index is 13.0. The van der Waals surface area contributed by atoms with Gasteiger partial charge in [-0.25, -0.2) is 4.79 Å². The number of esters is 1. The summed E-state index contributed by atoms with van der Waals surface area (Å²) in [6.07, 6.45) is -3.66. The molecule has 2 rings (SSSR count). The number of benzene rings is 1. The molecular formula is C13H10F3N4O2+. The van der Waals surface area contributed by atoms with E-state index in [9.17, 15) is 18.0 Å². The molecule has 0 aliphatic carbocycles. The number of ether oxygens (including phenoxy) is 1. The average molecular weight is 311 g/mol. The molecule has 0 saturated heterocycles. The van der Waals surface area contributed by atoms with Gasteiger partial charge in [0.1, 0.15) is 11.1 Å². The van der Waals surface area contributed by atoms with Crippen LogP contribution >= 0.6 is 0 Å². The Hall–Kier alpha value is -2.80. The lowest BCUT2D eigenvalue weighted by atomic mass is 10.1. The number of hydrogen-bond donors (Lipinski definition) is 1. The number of carbonyl (C=O) groups is 1. The molecule has 0 fully saturated rings. The predicted octanol–water partition coefficient (Wildman–Crippen LogP) is 3.61. The van der Waals surface area contributed by atoms with Gasteiger partial charge in [0.15, 0.2) is 10.8 Å². The van der Waals surface area contributed by atoms with E-state index in [-0.39, 0.29) is 28.8 Å². The molecule has 6 nitrogen and oxygen atoms in total. The van der Waals surface area contributed by atoms with Gasteiger partial charge in [0, 0.05) is 11.6 Å². The van der Waals surface area contributed by atoms with E-state index < -0.39 is 17.7 Å². The van der Waals surface area contributed by atoms with Gasteiger partial charge in [-0.05, 0) is 13.0 Å². The molecule has 1 N–H and O–H groups in total. The lowest BCUT2D eigenvalue weighted by Crippen LogP contribution is -2.09. The third-order valence-corrected chi connectivity index (χ3v) is 2.82. The van der Waals surface area contributed by atoms with Gasteiger partial charge in [-0.1, -0.05) is 12.1 Å². The summed E-state index contributed by atoms with van der Waals surface area (Å²) in [5.41, 5.74) is 5.14. The fourth-order valence-corrected chi connectivity index (χ4v) is 1.95. The summed E-state index contributed by atoms with van der Waals surface area (Å²) in [4.78, 5) is 18.3. The minimum absolute atomic E-state index is 0.0311. The number of alkyl halides is 3. The van der Waals surface area contributed by atoms with Gasteiger partial charge in [-0.3, -0.25) is 4.98 Å². The second-order valence-electron chi connectivity index (χ2n) is 4.14. The van der Waals surface area contributed by atoms with Gasteiger partial charge in [-0.15, -0.1) is 0 Å². The van der Waals surface area contributed by atoms with Gasteiger partial charge >= 0.3 is 12.1 Å². The molecule has 0 unspecified atom stereocenters. The molecule has 0 radical (unpaired) electrons. The van der Waals surface area contributed by atoms with Crippen LogP contribution in [0.25, 0.3) is 10.9 Å². The van der Waals surface area contributed by atoms with Crippen molar-refractivity contribution in [2.45, 2.75) is 13.1 Å². The monoisotopic (exact) mass is 311 g/mol. The summed E-state index contributed by atoms with van der Waals surface area (Å²) in [6.45, 7) is 1.66. The standard InChI is InChI=1S/C13H10F3N4O2/c1-2-22-12(21)8-6-18-11-7(10(8)19-20-17)4-3-5-9(11)13(14,15)16/h3-6,17H,2H2,1H3/q+1. The predicted molar refractivity (Wildman–Crippen MR) is 69.6 cm³/mol. The minimum atomic E-state index is -4.60. The summed E-state index contributed by atoms with van der Waals surface area (Å²) >= 11 is 0. The van der Waals surface area contributed by atoms with E-state index in [0.29, 0.717) is 0 Å². The third-order valence-electron chi connectivity index (χ3n) is 2.82. The number of pyridine rings is 1. The van der Waals surface area contributed by atoms with Gasteiger partial charge in [0.2, 0.25) is 4.91 Å². The van der Waals surface area contributed by atoms with E-state index in [1.54, 1.807) is 6.92 Å². The number of carbonyl (C=O) groups excluding carboxylic acids is 1. The topological polar surface area (TPSA) is 89.5 Å². The molecule has 0 atom stereocenters. The zero-order valence-electron chi connectivity index (χ0n) is 11.3. The van der Waals surface area contributed by atoms with Crippen LogP contribution in [0.2, 0.25) is 0 Å². The molecule has 22 heavy (non-hydrogen) atoms. The lowest BCUT2D eigenvalue weighted by molar-refractivity contribution is -0.136. The number of fused-ring (bicyclic) bond motifs is 1. The molecule has 2 aromatic rings. The highest BCUT2D eigenvalue weighted by molar-refractivity contribution is 6.04. The lowest BCUT2D eigenvalue weighted by Gasteiger charge is -2.10. The first-order valence-electron chi connectivity index (χ1n) is 6.13. The van der Waals surface area contributed by atoms with Crippen molar-refractivity contribution < 1.29 is 22.7 Å². The molecule has 9 heteroatoms. The molecule has 0 aliphatic rings. The first-order valence-corrected chi connectivity index (χ1v) is 6.13. The van der Waals surface area contributed by atoms with Crippen molar-refractivity contribution >= 4 is 22.6 Å². The quantitative estimate of drug-likeness (QED) is 0.533. The van der Waals surface area contributed by atoms with Crippen LogP contribution in [0.5, 0.6) is 0 Å². The van der Waals surface area contributed by atoms with E-state index >= 15 is 0 Å². The molecule has 0 spiro atoms. The van der Waals surface area contributed by atoms with Gasteiger partial charge in [-0.2, -0.15) is 13.2 Å². The Balaban J connectivity index is 2.81. The highest BCUT2D eigenvalue weighted by Gasteiger charge is 2.34. The van der Waals surface area contributed by atoms with Crippen LogP contribution in [0, 0.1) is 5.53 Å². The first-order chi connectivity index (χ1) is 10.4. The van der Waals surface area contributed by atoms with E-state index in [4.69, 9.17) is 10.3 Å². The molecule has 1 heterocycles. The molecule has 114 valence electrons. The Morgan fingerprint density at radius 1 is 1.45 bits per heavy atom. The largest absolute Gasteiger partial charge is 0.462 e. The Kier molecular flexibility index (Phi) is 4.18. The van der Waals surface area contributed by atoms with Crippen molar-refractivity contribution in [3.63, 3.8) is 0 Å². The number of hydrogen-bond acceptors (Lipinski definition) is 5. The zero-order valence-corrected chi connectivity index (χ0v) is 11.3. The Labute approximate surface area is 122 Å². The van der Waals surface area contributed by atoms with Crippen molar-refractivity contribution in [3.05, 3.63) is 35.5 Å². The number of aromatic nitrogens is 1. The fraction of sp³-hybridized carbons (Fsp3) is 0.231. The number of nitrogens with one attached hydrogen (secondary N) is 1. The highest BCUT2D eigenvalue weighted by Crippen LogP contribution is 2.37. The number of halogens is 3. The Morgan fingerprint density at radius 3 is 2.77 bits per heavy atom. The maximum Gasteiger partial charge on any atom is 0.418 e. The van der Waals surface area contributed by atoms with E-state index in [0.717, 1.165) is 12.3 Å². The average Bonchev–Trinajstić information content (AvgIpc) is 2.46. The Bertz CT molecular complexity index is 783. The highest BCUT2D eigenvalue weighted by atomic mass is 19.4. The second-order valence-corrected chi connectivity index (χ2v) is 4.14. The van der Waals surface area contributed by atoms with Crippen molar-refractivity contribution in [1.82, 2.24) is 9.90 Å². The van der Waals surface area contributed by atoms with Crippen LogP contribution < -0.4 is 4.91 Å². The van der Waals surface area contributed by atoms with Crippen molar-refractivity contribution in [3.8, 4) is 0 Å². The maximum absolute atomic E-state index is 13.0.